The average molecular weight is 227 g/mol. The standard InChI is InChI=1S/C5H7Cl2F3O2/c6-4(8,5(7,9)10)1-3(12)2-11/h3,11-12H,1-2H2. The fourth-order valence-electron chi connectivity index (χ4n) is 0.476. The summed E-state index contributed by atoms with van der Waals surface area (Å²) in [5.74, 6) is 0. The Hall–Kier alpha value is 0.290. The maximum atomic E-state index is 12.6. The van der Waals surface area contributed by atoms with E-state index in [9.17, 15) is 13.2 Å². The molecule has 0 aliphatic carbocycles. The van der Waals surface area contributed by atoms with Crippen molar-refractivity contribution in [3.8, 4) is 0 Å². The minimum Gasteiger partial charge on any atom is -0.394 e. The van der Waals surface area contributed by atoms with Crippen LogP contribution in [0.2, 0.25) is 0 Å². The molecule has 0 aromatic carbocycles. The van der Waals surface area contributed by atoms with Crippen LogP contribution in [0.25, 0.3) is 0 Å². The van der Waals surface area contributed by atoms with Gasteiger partial charge in [-0.05, 0) is 11.6 Å². The summed E-state index contributed by atoms with van der Waals surface area (Å²) in [7, 11) is 0. The number of rotatable bonds is 4. The lowest BCUT2D eigenvalue weighted by atomic mass is 10.2. The van der Waals surface area contributed by atoms with Gasteiger partial charge < -0.3 is 10.2 Å². The van der Waals surface area contributed by atoms with Crippen molar-refractivity contribution in [2.45, 2.75) is 23.0 Å². The van der Waals surface area contributed by atoms with Gasteiger partial charge in [0.05, 0.1) is 12.7 Å². The van der Waals surface area contributed by atoms with Gasteiger partial charge in [-0.2, -0.15) is 8.78 Å². The number of aliphatic hydroxyl groups excluding tert-OH is 2. The SMILES string of the molecule is OCC(O)CC(F)(Cl)C(F)(F)Cl. The average Bonchev–Trinajstić information content (AvgIpc) is 1.84. The smallest absolute Gasteiger partial charge is 0.369 e. The number of hydrogen-bond donors (Lipinski definition) is 2. The second-order valence-corrected chi connectivity index (χ2v) is 3.32. The third-order valence-corrected chi connectivity index (χ3v) is 1.91. The van der Waals surface area contributed by atoms with E-state index in [1.807, 2.05) is 0 Å². The van der Waals surface area contributed by atoms with Crippen molar-refractivity contribution < 1.29 is 23.4 Å². The first-order valence-corrected chi connectivity index (χ1v) is 3.70. The Morgan fingerprint density at radius 3 is 1.92 bits per heavy atom. The lowest BCUT2D eigenvalue weighted by molar-refractivity contribution is -0.0511. The lowest BCUT2D eigenvalue weighted by Gasteiger charge is -2.24. The maximum absolute atomic E-state index is 12.6. The van der Waals surface area contributed by atoms with Gasteiger partial charge in [-0.3, -0.25) is 0 Å². The van der Waals surface area contributed by atoms with Gasteiger partial charge >= 0.3 is 5.38 Å². The van der Waals surface area contributed by atoms with Crippen molar-refractivity contribution in [1.29, 1.82) is 0 Å². The van der Waals surface area contributed by atoms with E-state index in [1.165, 1.54) is 0 Å². The molecule has 0 aromatic rings. The Morgan fingerprint density at radius 2 is 1.67 bits per heavy atom. The van der Waals surface area contributed by atoms with Crippen molar-refractivity contribution in [2.75, 3.05) is 6.61 Å². The molecule has 0 saturated carbocycles. The van der Waals surface area contributed by atoms with Crippen LogP contribution in [0.1, 0.15) is 6.42 Å². The molecule has 0 amide bonds. The molecule has 0 bridgehead atoms. The van der Waals surface area contributed by atoms with Crippen LogP contribution in [-0.2, 0) is 0 Å². The molecule has 12 heavy (non-hydrogen) atoms. The molecular formula is C5H7Cl2F3O2. The molecule has 2 N–H and O–H groups in total. The Morgan fingerprint density at radius 1 is 1.25 bits per heavy atom. The summed E-state index contributed by atoms with van der Waals surface area (Å²) in [6.07, 6.45) is -2.79. The Bertz CT molecular complexity index is 148. The molecule has 0 rings (SSSR count). The summed E-state index contributed by atoms with van der Waals surface area (Å²) < 4.78 is 36.8. The summed E-state index contributed by atoms with van der Waals surface area (Å²) in [6.45, 7) is -0.856. The zero-order chi connectivity index (χ0) is 9.99. The van der Waals surface area contributed by atoms with Gasteiger partial charge in [-0.15, -0.1) is 0 Å². The topological polar surface area (TPSA) is 40.5 Å². The summed E-state index contributed by atoms with van der Waals surface area (Å²) in [5, 5.41) is 8.97. The highest BCUT2D eigenvalue weighted by Gasteiger charge is 2.53. The molecule has 2 atom stereocenters. The van der Waals surface area contributed by atoms with Crippen LogP contribution in [0.3, 0.4) is 0 Å². The van der Waals surface area contributed by atoms with Crippen molar-refractivity contribution in [3.05, 3.63) is 0 Å². The first kappa shape index (κ1) is 12.3. The van der Waals surface area contributed by atoms with Gasteiger partial charge in [0.25, 0.3) is 5.13 Å². The van der Waals surface area contributed by atoms with E-state index < -0.39 is 29.6 Å². The third-order valence-electron chi connectivity index (χ3n) is 1.12. The monoisotopic (exact) mass is 226 g/mol. The first-order valence-electron chi connectivity index (χ1n) is 2.94. The molecule has 0 fully saturated rings. The minimum absolute atomic E-state index is 0.856. The van der Waals surface area contributed by atoms with Crippen LogP contribution in [-0.4, -0.2) is 33.4 Å². The fraction of sp³-hybridized carbons (Fsp3) is 1.00. The van der Waals surface area contributed by atoms with Gasteiger partial charge in [-0.1, -0.05) is 11.6 Å². The summed E-state index contributed by atoms with van der Waals surface area (Å²) in [5.41, 5.74) is 0. The van der Waals surface area contributed by atoms with E-state index in [1.54, 1.807) is 0 Å². The Labute approximate surface area is 76.9 Å². The van der Waals surface area contributed by atoms with Gasteiger partial charge in [0.2, 0.25) is 0 Å². The second-order valence-electron chi connectivity index (χ2n) is 2.24. The molecule has 74 valence electrons. The molecule has 2 nitrogen and oxygen atoms in total. The third kappa shape index (κ3) is 3.35. The zero-order valence-electron chi connectivity index (χ0n) is 5.78. The van der Waals surface area contributed by atoms with Crippen molar-refractivity contribution in [1.82, 2.24) is 0 Å². The highest BCUT2D eigenvalue weighted by molar-refractivity contribution is 6.32. The van der Waals surface area contributed by atoms with Gasteiger partial charge in [-0.25, -0.2) is 4.39 Å². The van der Waals surface area contributed by atoms with Crippen molar-refractivity contribution in [3.63, 3.8) is 0 Å². The van der Waals surface area contributed by atoms with Crippen molar-refractivity contribution in [2.24, 2.45) is 0 Å². The highest BCUT2D eigenvalue weighted by atomic mass is 35.5. The highest BCUT2D eigenvalue weighted by Crippen LogP contribution is 2.42. The largest absolute Gasteiger partial charge is 0.394 e. The minimum atomic E-state index is -4.27. The Kier molecular flexibility index (Phi) is 4.10. The zero-order valence-corrected chi connectivity index (χ0v) is 7.29. The fourth-order valence-corrected chi connectivity index (χ4v) is 0.731. The van der Waals surface area contributed by atoms with E-state index in [0.29, 0.717) is 0 Å². The van der Waals surface area contributed by atoms with E-state index in [4.69, 9.17) is 10.2 Å². The molecule has 0 spiro atoms. The normalized spacial score (nSPS) is 20.2. The summed E-state index contributed by atoms with van der Waals surface area (Å²) >= 11 is 8.96. The number of aliphatic hydroxyl groups is 2. The molecule has 0 saturated heterocycles. The van der Waals surface area contributed by atoms with Gasteiger partial charge in [0.1, 0.15) is 0 Å². The molecule has 7 heteroatoms. The number of halogens is 5. The van der Waals surface area contributed by atoms with Crippen molar-refractivity contribution >= 4 is 23.2 Å². The molecule has 0 radical (unpaired) electrons. The number of hydrogen-bond acceptors (Lipinski definition) is 2. The van der Waals surface area contributed by atoms with E-state index in [2.05, 4.69) is 23.2 Å². The van der Waals surface area contributed by atoms with Crippen LogP contribution in [0, 0.1) is 0 Å². The predicted molar refractivity (Wildman–Crippen MR) is 38.2 cm³/mol. The summed E-state index contributed by atoms with van der Waals surface area (Å²) in [6, 6.07) is 0. The number of alkyl halides is 5. The van der Waals surface area contributed by atoms with Crippen LogP contribution in [0.15, 0.2) is 0 Å². The predicted octanol–water partition coefficient (Wildman–Crippen LogP) is 1.47. The van der Waals surface area contributed by atoms with Crippen LogP contribution in [0.5, 0.6) is 0 Å². The molecular weight excluding hydrogens is 220 g/mol. The molecule has 0 aliphatic heterocycles. The molecule has 2 unspecified atom stereocenters. The quantitative estimate of drug-likeness (QED) is 0.714. The van der Waals surface area contributed by atoms with E-state index in [-0.39, 0.29) is 0 Å². The van der Waals surface area contributed by atoms with Crippen LogP contribution in [0.4, 0.5) is 13.2 Å². The van der Waals surface area contributed by atoms with E-state index in [0.717, 1.165) is 0 Å². The lowest BCUT2D eigenvalue weighted by Crippen LogP contribution is -2.38. The maximum Gasteiger partial charge on any atom is 0.369 e. The van der Waals surface area contributed by atoms with Gasteiger partial charge in [0.15, 0.2) is 0 Å². The van der Waals surface area contributed by atoms with Gasteiger partial charge in [0, 0.05) is 6.42 Å². The summed E-state index contributed by atoms with van der Waals surface area (Å²) in [4.78, 5) is 0. The van der Waals surface area contributed by atoms with Crippen LogP contribution >= 0.6 is 23.2 Å². The van der Waals surface area contributed by atoms with Crippen LogP contribution < -0.4 is 0 Å². The molecule has 0 aromatic heterocycles. The first-order chi connectivity index (χ1) is 5.20. The van der Waals surface area contributed by atoms with E-state index >= 15 is 0 Å². The molecule has 0 aliphatic rings. The second kappa shape index (κ2) is 4.00. The Balaban J connectivity index is 4.22. The molecule has 0 heterocycles.